The van der Waals surface area contributed by atoms with Crippen molar-refractivity contribution in [1.29, 1.82) is 0 Å². The predicted octanol–water partition coefficient (Wildman–Crippen LogP) is 2.48. The number of β-amino-alcohol motifs (C(OH)–C–C–N with tert-alkyl or cyclic N) is 1. The zero-order valence-corrected chi connectivity index (χ0v) is 11.8. The minimum absolute atomic E-state index is 0.687. The van der Waals surface area contributed by atoms with E-state index in [1.54, 1.807) is 6.20 Å². The number of aliphatic hydroxyl groups is 1. The number of aromatic nitrogens is 1. The minimum atomic E-state index is -0.715. The molecule has 1 atom stereocenters. The fourth-order valence-corrected chi connectivity index (χ4v) is 3.07. The molecule has 3 rings (SSSR count). The van der Waals surface area contributed by atoms with Gasteiger partial charge in [-0.15, -0.1) is 0 Å². The molecule has 3 heteroatoms. The fourth-order valence-electron chi connectivity index (χ4n) is 3.07. The Morgan fingerprint density at radius 1 is 1.25 bits per heavy atom. The van der Waals surface area contributed by atoms with E-state index in [0.717, 1.165) is 25.1 Å². The standard InChI is InChI=1S/C17H20N2O/c1-14-5-2-3-7-16(14)17(20)8-10-19(13-17)12-15-6-4-9-18-11-15/h2-7,9,11,20H,8,10,12-13H2,1H3. The van der Waals surface area contributed by atoms with E-state index in [9.17, 15) is 5.11 Å². The Kier molecular flexibility index (Phi) is 3.55. The first-order valence-corrected chi connectivity index (χ1v) is 7.07. The highest BCUT2D eigenvalue weighted by Gasteiger charge is 2.38. The number of nitrogens with zero attached hydrogens (tertiary/aromatic N) is 2. The van der Waals surface area contributed by atoms with Crippen LogP contribution in [0.2, 0.25) is 0 Å². The van der Waals surface area contributed by atoms with Crippen LogP contribution >= 0.6 is 0 Å². The summed E-state index contributed by atoms with van der Waals surface area (Å²) in [6.45, 7) is 4.52. The average Bonchev–Trinajstić information content (AvgIpc) is 2.83. The molecule has 1 saturated heterocycles. The highest BCUT2D eigenvalue weighted by atomic mass is 16.3. The smallest absolute Gasteiger partial charge is 0.104 e. The first-order valence-electron chi connectivity index (χ1n) is 7.07. The van der Waals surface area contributed by atoms with E-state index in [1.807, 2.05) is 30.5 Å². The lowest BCUT2D eigenvalue weighted by Crippen LogP contribution is -2.31. The summed E-state index contributed by atoms with van der Waals surface area (Å²) in [5.41, 5.74) is 2.71. The molecule has 0 radical (unpaired) electrons. The van der Waals surface area contributed by atoms with Gasteiger partial charge in [0.05, 0.1) is 0 Å². The van der Waals surface area contributed by atoms with Crippen molar-refractivity contribution in [3.63, 3.8) is 0 Å². The maximum Gasteiger partial charge on any atom is 0.104 e. The Morgan fingerprint density at radius 3 is 2.85 bits per heavy atom. The molecule has 1 unspecified atom stereocenters. The maximum absolute atomic E-state index is 10.9. The van der Waals surface area contributed by atoms with Crippen molar-refractivity contribution in [2.75, 3.05) is 13.1 Å². The normalized spacial score (nSPS) is 23.1. The maximum atomic E-state index is 10.9. The highest BCUT2D eigenvalue weighted by molar-refractivity contribution is 5.32. The van der Waals surface area contributed by atoms with Crippen LogP contribution in [-0.2, 0) is 12.1 Å². The van der Waals surface area contributed by atoms with Gasteiger partial charge in [-0.25, -0.2) is 0 Å². The van der Waals surface area contributed by atoms with Crippen LogP contribution in [0.4, 0.5) is 0 Å². The molecule has 1 aliphatic heterocycles. The third kappa shape index (κ3) is 2.60. The van der Waals surface area contributed by atoms with Gasteiger partial charge >= 0.3 is 0 Å². The highest BCUT2D eigenvalue weighted by Crippen LogP contribution is 2.34. The van der Waals surface area contributed by atoms with Crippen LogP contribution < -0.4 is 0 Å². The number of hydrogen-bond donors (Lipinski definition) is 1. The van der Waals surface area contributed by atoms with Crippen molar-refractivity contribution >= 4 is 0 Å². The van der Waals surface area contributed by atoms with Crippen molar-refractivity contribution in [3.8, 4) is 0 Å². The van der Waals surface area contributed by atoms with E-state index in [1.165, 1.54) is 11.1 Å². The van der Waals surface area contributed by atoms with E-state index in [4.69, 9.17) is 0 Å². The molecule has 0 aliphatic carbocycles. The van der Waals surface area contributed by atoms with Gasteiger partial charge in [0.25, 0.3) is 0 Å². The second kappa shape index (κ2) is 5.35. The van der Waals surface area contributed by atoms with Crippen LogP contribution in [-0.4, -0.2) is 28.1 Å². The zero-order chi connectivity index (χ0) is 14.0. The van der Waals surface area contributed by atoms with Gasteiger partial charge in [-0.3, -0.25) is 9.88 Å². The molecule has 0 amide bonds. The van der Waals surface area contributed by atoms with Crippen molar-refractivity contribution in [2.45, 2.75) is 25.5 Å². The van der Waals surface area contributed by atoms with Crippen molar-refractivity contribution in [2.24, 2.45) is 0 Å². The van der Waals surface area contributed by atoms with Gasteiger partial charge in [-0.05, 0) is 36.1 Å². The lowest BCUT2D eigenvalue weighted by Gasteiger charge is -2.25. The topological polar surface area (TPSA) is 36.4 Å². The Hall–Kier alpha value is -1.71. The van der Waals surface area contributed by atoms with E-state index < -0.39 is 5.60 Å². The van der Waals surface area contributed by atoms with Crippen LogP contribution in [0.1, 0.15) is 23.1 Å². The van der Waals surface area contributed by atoms with Crippen molar-refractivity contribution < 1.29 is 5.11 Å². The second-order valence-electron chi connectivity index (χ2n) is 5.67. The number of likely N-dealkylation sites (tertiary alicyclic amines) is 1. The lowest BCUT2D eigenvalue weighted by molar-refractivity contribution is 0.0447. The molecule has 1 fully saturated rings. The van der Waals surface area contributed by atoms with Crippen molar-refractivity contribution in [1.82, 2.24) is 9.88 Å². The third-order valence-corrected chi connectivity index (χ3v) is 4.10. The SMILES string of the molecule is Cc1ccccc1C1(O)CCN(Cc2cccnc2)C1. The largest absolute Gasteiger partial charge is 0.384 e. The molecule has 2 aromatic rings. The molecule has 20 heavy (non-hydrogen) atoms. The summed E-state index contributed by atoms with van der Waals surface area (Å²) in [6, 6.07) is 12.2. The Balaban J connectivity index is 1.74. The Bertz CT molecular complexity index is 585. The zero-order valence-electron chi connectivity index (χ0n) is 11.8. The van der Waals surface area contributed by atoms with Gasteiger partial charge in [-0.1, -0.05) is 30.3 Å². The number of hydrogen-bond acceptors (Lipinski definition) is 3. The first-order chi connectivity index (χ1) is 9.67. The molecule has 1 aromatic heterocycles. The summed E-state index contributed by atoms with van der Waals surface area (Å²) >= 11 is 0. The average molecular weight is 268 g/mol. The van der Waals surface area contributed by atoms with Crippen LogP contribution in [0.25, 0.3) is 0 Å². The quantitative estimate of drug-likeness (QED) is 0.929. The molecule has 0 bridgehead atoms. The molecule has 2 heterocycles. The van der Waals surface area contributed by atoms with E-state index in [0.29, 0.717) is 6.54 Å². The Morgan fingerprint density at radius 2 is 2.10 bits per heavy atom. The molecular formula is C17H20N2O. The van der Waals surface area contributed by atoms with Gasteiger partial charge in [0.2, 0.25) is 0 Å². The van der Waals surface area contributed by atoms with E-state index in [-0.39, 0.29) is 0 Å². The lowest BCUT2D eigenvalue weighted by atomic mass is 9.89. The van der Waals surface area contributed by atoms with Crippen LogP contribution in [0.5, 0.6) is 0 Å². The summed E-state index contributed by atoms with van der Waals surface area (Å²) in [5.74, 6) is 0. The summed E-state index contributed by atoms with van der Waals surface area (Å²) in [5, 5.41) is 10.9. The summed E-state index contributed by atoms with van der Waals surface area (Å²) < 4.78 is 0. The molecule has 3 nitrogen and oxygen atoms in total. The van der Waals surface area contributed by atoms with E-state index in [2.05, 4.69) is 28.9 Å². The third-order valence-electron chi connectivity index (χ3n) is 4.10. The molecular weight excluding hydrogens is 248 g/mol. The van der Waals surface area contributed by atoms with Crippen LogP contribution in [0.3, 0.4) is 0 Å². The molecule has 1 aliphatic rings. The number of benzene rings is 1. The summed E-state index contributed by atoms with van der Waals surface area (Å²) in [7, 11) is 0. The minimum Gasteiger partial charge on any atom is -0.384 e. The molecule has 0 saturated carbocycles. The first kappa shape index (κ1) is 13.3. The molecule has 0 spiro atoms. The fraction of sp³-hybridized carbons (Fsp3) is 0.353. The molecule has 1 N–H and O–H groups in total. The van der Waals surface area contributed by atoms with Gasteiger partial charge in [-0.2, -0.15) is 0 Å². The Labute approximate surface area is 119 Å². The molecule has 1 aromatic carbocycles. The summed E-state index contributed by atoms with van der Waals surface area (Å²) in [6.07, 6.45) is 4.47. The monoisotopic (exact) mass is 268 g/mol. The van der Waals surface area contributed by atoms with Crippen LogP contribution in [0.15, 0.2) is 48.8 Å². The van der Waals surface area contributed by atoms with E-state index >= 15 is 0 Å². The van der Waals surface area contributed by atoms with Gasteiger partial charge in [0.1, 0.15) is 5.60 Å². The second-order valence-corrected chi connectivity index (χ2v) is 5.67. The summed E-state index contributed by atoms with van der Waals surface area (Å²) in [4.78, 5) is 6.44. The number of aryl methyl sites for hydroxylation is 1. The number of rotatable bonds is 3. The van der Waals surface area contributed by atoms with Crippen molar-refractivity contribution in [3.05, 3.63) is 65.5 Å². The predicted molar refractivity (Wildman–Crippen MR) is 79.2 cm³/mol. The molecule has 104 valence electrons. The van der Waals surface area contributed by atoms with Gasteiger partial charge in [0.15, 0.2) is 0 Å². The van der Waals surface area contributed by atoms with Gasteiger partial charge in [0, 0.05) is 32.0 Å². The van der Waals surface area contributed by atoms with Crippen LogP contribution in [0, 0.1) is 6.92 Å². The number of pyridine rings is 1. The van der Waals surface area contributed by atoms with Gasteiger partial charge < -0.3 is 5.11 Å².